The van der Waals surface area contributed by atoms with Gasteiger partial charge in [0.1, 0.15) is 5.82 Å². The van der Waals surface area contributed by atoms with E-state index in [1.165, 1.54) is 11.1 Å². The summed E-state index contributed by atoms with van der Waals surface area (Å²) in [6, 6.07) is 10.3. The zero-order valence-corrected chi connectivity index (χ0v) is 9.35. The fraction of sp³-hybridized carbons (Fsp3) is 0.231. The Morgan fingerprint density at radius 2 is 1.88 bits per heavy atom. The summed E-state index contributed by atoms with van der Waals surface area (Å²) in [6.07, 6.45) is 3.52. The van der Waals surface area contributed by atoms with Crippen LogP contribution >= 0.6 is 0 Å². The third kappa shape index (κ3) is 3.14. The first kappa shape index (κ1) is 10.8. The van der Waals surface area contributed by atoms with Gasteiger partial charge in [0.15, 0.2) is 0 Å². The number of hydrogen-bond donors (Lipinski definition) is 1. The van der Waals surface area contributed by atoms with Gasteiger partial charge in [-0.05, 0) is 18.6 Å². The quantitative estimate of drug-likeness (QED) is 0.845. The number of nitrogens with zero attached hydrogens (tertiary/aromatic N) is 2. The van der Waals surface area contributed by atoms with Crippen LogP contribution < -0.4 is 5.32 Å². The first-order valence-electron chi connectivity index (χ1n) is 5.37. The van der Waals surface area contributed by atoms with Gasteiger partial charge < -0.3 is 5.32 Å². The minimum atomic E-state index is 0.703. The van der Waals surface area contributed by atoms with Gasteiger partial charge >= 0.3 is 0 Å². The number of aromatic nitrogens is 2. The monoisotopic (exact) mass is 213 g/mol. The lowest BCUT2D eigenvalue weighted by Gasteiger charge is -2.04. The van der Waals surface area contributed by atoms with Crippen molar-refractivity contribution < 1.29 is 0 Å². The molecule has 1 N–H and O–H groups in total. The van der Waals surface area contributed by atoms with Gasteiger partial charge in [0.05, 0.1) is 6.54 Å². The van der Waals surface area contributed by atoms with Gasteiger partial charge in [0, 0.05) is 18.9 Å². The Bertz CT molecular complexity index is 440. The van der Waals surface area contributed by atoms with Gasteiger partial charge in [-0.3, -0.25) is 0 Å². The van der Waals surface area contributed by atoms with Crippen LogP contribution in [0.3, 0.4) is 0 Å². The molecular weight excluding hydrogens is 198 g/mol. The molecule has 2 rings (SSSR count). The number of aryl methyl sites for hydroxylation is 1. The van der Waals surface area contributed by atoms with E-state index < -0.39 is 0 Å². The van der Waals surface area contributed by atoms with Crippen LogP contribution in [0, 0.1) is 6.92 Å². The predicted molar refractivity (Wildman–Crippen MR) is 63.8 cm³/mol. The van der Waals surface area contributed by atoms with E-state index in [9.17, 15) is 0 Å². The van der Waals surface area contributed by atoms with Crippen LogP contribution in [0.2, 0.25) is 0 Å². The Hall–Kier alpha value is -1.74. The third-order valence-electron chi connectivity index (χ3n) is 2.31. The lowest BCUT2D eigenvalue weighted by Crippen LogP contribution is -2.14. The molecule has 3 heteroatoms. The summed E-state index contributed by atoms with van der Waals surface area (Å²) >= 11 is 0. The lowest BCUT2D eigenvalue weighted by molar-refractivity contribution is 0.662. The van der Waals surface area contributed by atoms with Gasteiger partial charge in [-0.25, -0.2) is 9.97 Å². The first-order valence-corrected chi connectivity index (χ1v) is 5.37. The van der Waals surface area contributed by atoms with E-state index in [0.717, 1.165) is 12.4 Å². The molecule has 0 atom stereocenters. The van der Waals surface area contributed by atoms with Crippen LogP contribution in [0.25, 0.3) is 0 Å². The standard InChI is InChI=1S/C13H15N3/c1-11-4-2-5-12(8-11)9-14-10-13-15-6-3-7-16-13/h2-8,14H,9-10H2,1H3. The molecule has 2 aromatic rings. The zero-order valence-electron chi connectivity index (χ0n) is 9.35. The molecule has 3 nitrogen and oxygen atoms in total. The summed E-state index contributed by atoms with van der Waals surface area (Å²) in [4.78, 5) is 8.31. The lowest BCUT2D eigenvalue weighted by atomic mass is 10.1. The number of hydrogen-bond acceptors (Lipinski definition) is 3. The molecule has 16 heavy (non-hydrogen) atoms. The van der Waals surface area contributed by atoms with Crippen molar-refractivity contribution in [2.24, 2.45) is 0 Å². The topological polar surface area (TPSA) is 37.8 Å². The van der Waals surface area contributed by atoms with Crippen molar-refractivity contribution in [3.63, 3.8) is 0 Å². The van der Waals surface area contributed by atoms with Crippen LogP contribution in [-0.4, -0.2) is 9.97 Å². The molecule has 0 saturated carbocycles. The molecule has 0 aliphatic rings. The van der Waals surface area contributed by atoms with Crippen molar-refractivity contribution in [2.75, 3.05) is 0 Å². The molecule has 1 aromatic heterocycles. The highest BCUT2D eigenvalue weighted by atomic mass is 14.9. The molecule has 0 bridgehead atoms. The molecule has 0 unspecified atom stereocenters. The van der Waals surface area contributed by atoms with E-state index in [4.69, 9.17) is 0 Å². The summed E-state index contributed by atoms with van der Waals surface area (Å²) < 4.78 is 0. The highest BCUT2D eigenvalue weighted by Crippen LogP contribution is 2.03. The Labute approximate surface area is 95.6 Å². The molecule has 0 saturated heterocycles. The largest absolute Gasteiger partial charge is 0.306 e. The molecule has 1 aromatic carbocycles. The fourth-order valence-corrected chi connectivity index (χ4v) is 1.56. The molecule has 0 radical (unpaired) electrons. The SMILES string of the molecule is Cc1cccc(CNCc2ncccn2)c1. The Balaban J connectivity index is 1.85. The van der Waals surface area contributed by atoms with E-state index >= 15 is 0 Å². The van der Waals surface area contributed by atoms with Gasteiger partial charge in [0.2, 0.25) is 0 Å². The van der Waals surface area contributed by atoms with Crippen molar-refractivity contribution in [3.8, 4) is 0 Å². The minimum absolute atomic E-state index is 0.703. The Kier molecular flexibility index (Phi) is 3.62. The normalized spacial score (nSPS) is 10.3. The fourth-order valence-electron chi connectivity index (χ4n) is 1.56. The Morgan fingerprint density at radius 3 is 2.62 bits per heavy atom. The van der Waals surface area contributed by atoms with E-state index in [1.54, 1.807) is 12.4 Å². The van der Waals surface area contributed by atoms with Crippen molar-refractivity contribution in [1.82, 2.24) is 15.3 Å². The molecule has 82 valence electrons. The van der Waals surface area contributed by atoms with E-state index in [1.807, 2.05) is 6.07 Å². The van der Waals surface area contributed by atoms with Crippen LogP contribution in [-0.2, 0) is 13.1 Å². The molecular formula is C13H15N3. The molecule has 0 aliphatic heterocycles. The minimum Gasteiger partial charge on any atom is -0.306 e. The van der Waals surface area contributed by atoms with Crippen LogP contribution in [0.1, 0.15) is 17.0 Å². The Morgan fingerprint density at radius 1 is 1.06 bits per heavy atom. The second kappa shape index (κ2) is 5.37. The summed E-state index contributed by atoms with van der Waals surface area (Å²) in [7, 11) is 0. The average Bonchev–Trinajstić information content (AvgIpc) is 2.30. The summed E-state index contributed by atoms with van der Waals surface area (Å²) in [6.45, 7) is 3.65. The maximum atomic E-state index is 4.15. The van der Waals surface area contributed by atoms with Gasteiger partial charge in [0.25, 0.3) is 0 Å². The number of rotatable bonds is 4. The molecule has 0 spiro atoms. The maximum absolute atomic E-state index is 4.15. The predicted octanol–water partition coefficient (Wildman–Crippen LogP) is 2.07. The average molecular weight is 213 g/mol. The molecule has 1 heterocycles. The number of nitrogens with one attached hydrogen (secondary N) is 1. The maximum Gasteiger partial charge on any atom is 0.141 e. The van der Waals surface area contributed by atoms with E-state index in [2.05, 4.69) is 46.5 Å². The molecule has 0 amide bonds. The van der Waals surface area contributed by atoms with Gasteiger partial charge in [-0.1, -0.05) is 29.8 Å². The van der Waals surface area contributed by atoms with Crippen molar-refractivity contribution in [2.45, 2.75) is 20.0 Å². The third-order valence-corrected chi connectivity index (χ3v) is 2.31. The second-order valence-corrected chi connectivity index (χ2v) is 3.76. The number of benzene rings is 1. The summed E-state index contributed by atoms with van der Waals surface area (Å²) in [5.41, 5.74) is 2.58. The summed E-state index contributed by atoms with van der Waals surface area (Å²) in [5.74, 6) is 0.829. The smallest absolute Gasteiger partial charge is 0.141 e. The van der Waals surface area contributed by atoms with Crippen LogP contribution in [0.4, 0.5) is 0 Å². The van der Waals surface area contributed by atoms with Crippen molar-refractivity contribution in [1.29, 1.82) is 0 Å². The second-order valence-electron chi connectivity index (χ2n) is 3.76. The first-order chi connectivity index (χ1) is 7.84. The highest BCUT2D eigenvalue weighted by Gasteiger charge is 1.95. The molecule has 0 fully saturated rings. The van der Waals surface area contributed by atoms with Gasteiger partial charge in [-0.2, -0.15) is 0 Å². The van der Waals surface area contributed by atoms with Crippen LogP contribution in [0.15, 0.2) is 42.7 Å². The van der Waals surface area contributed by atoms with Gasteiger partial charge in [-0.15, -0.1) is 0 Å². The zero-order chi connectivity index (χ0) is 11.2. The highest BCUT2D eigenvalue weighted by molar-refractivity contribution is 5.21. The molecule has 0 aliphatic carbocycles. The van der Waals surface area contributed by atoms with Crippen molar-refractivity contribution >= 4 is 0 Å². The van der Waals surface area contributed by atoms with E-state index in [-0.39, 0.29) is 0 Å². The van der Waals surface area contributed by atoms with E-state index in [0.29, 0.717) is 6.54 Å². The van der Waals surface area contributed by atoms with Crippen LogP contribution in [0.5, 0.6) is 0 Å². The summed E-state index contributed by atoms with van der Waals surface area (Å²) in [5, 5.41) is 3.32. The van der Waals surface area contributed by atoms with Crippen molar-refractivity contribution in [3.05, 3.63) is 59.7 Å².